The predicted octanol–water partition coefficient (Wildman–Crippen LogP) is 3.92. The molecule has 5 heteroatoms. The summed E-state index contributed by atoms with van der Waals surface area (Å²) in [5, 5.41) is 4.31. The van der Waals surface area contributed by atoms with E-state index in [9.17, 15) is 9.59 Å². The molecule has 0 atom stereocenters. The van der Waals surface area contributed by atoms with Crippen LogP contribution in [0.3, 0.4) is 0 Å². The summed E-state index contributed by atoms with van der Waals surface area (Å²) in [6.45, 7) is 4.78. The number of nitrogens with zero attached hydrogens (tertiary/aromatic N) is 2. The molecule has 0 saturated carbocycles. The minimum atomic E-state index is -0.243. The molecule has 0 saturated heterocycles. The van der Waals surface area contributed by atoms with Crippen molar-refractivity contribution >= 4 is 23.2 Å². The van der Waals surface area contributed by atoms with Crippen LogP contribution in [0, 0.1) is 5.92 Å². The zero-order valence-electron chi connectivity index (χ0n) is 16.5. The Balaban J connectivity index is 1.58. The second-order valence-electron chi connectivity index (χ2n) is 7.33. The van der Waals surface area contributed by atoms with E-state index in [1.54, 1.807) is 4.90 Å². The molecule has 0 bridgehead atoms. The monoisotopic (exact) mass is 377 g/mol. The third kappa shape index (κ3) is 4.85. The van der Waals surface area contributed by atoms with Gasteiger partial charge in [0.1, 0.15) is 0 Å². The van der Waals surface area contributed by atoms with Crippen LogP contribution in [0.25, 0.3) is 0 Å². The summed E-state index contributed by atoms with van der Waals surface area (Å²) >= 11 is 0. The number of carbonyl (C=O) groups is 2. The van der Waals surface area contributed by atoms with Gasteiger partial charge in [-0.05, 0) is 36.0 Å². The van der Waals surface area contributed by atoms with Crippen molar-refractivity contribution in [1.82, 2.24) is 5.43 Å². The standard InChI is InChI=1S/C23H27N3O2/c1-17(2)23(19-10-4-3-5-11-19)25-24-21(27)14-15-22(28)26-16-8-12-18-9-6-7-13-20(18)26/h3-7,9-11,13,17H,8,12,14-16H2,1-2H3,(H,24,27)/b25-23+. The lowest BCUT2D eigenvalue weighted by atomic mass is 10.0. The fraction of sp³-hybridized carbons (Fsp3) is 0.348. The smallest absolute Gasteiger partial charge is 0.240 e. The number of hydrazone groups is 1. The van der Waals surface area contributed by atoms with Gasteiger partial charge in [-0.3, -0.25) is 9.59 Å². The molecule has 0 spiro atoms. The van der Waals surface area contributed by atoms with E-state index >= 15 is 0 Å². The van der Waals surface area contributed by atoms with E-state index < -0.39 is 0 Å². The lowest BCUT2D eigenvalue weighted by molar-refractivity contribution is -0.125. The van der Waals surface area contributed by atoms with Gasteiger partial charge in [-0.1, -0.05) is 62.4 Å². The average molecular weight is 377 g/mol. The molecule has 1 aliphatic heterocycles. The number of aryl methyl sites for hydroxylation is 1. The molecule has 3 rings (SSSR count). The van der Waals surface area contributed by atoms with Gasteiger partial charge in [0, 0.05) is 25.1 Å². The normalized spacial score (nSPS) is 14.0. The highest BCUT2D eigenvalue weighted by molar-refractivity contribution is 6.02. The summed E-state index contributed by atoms with van der Waals surface area (Å²) in [6, 6.07) is 17.8. The maximum absolute atomic E-state index is 12.6. The Morgan fingerprint density at radius 1 is 1.04 bits per heavy atom. The molecule has 1 heterocycles. The van der Waals surface area contributed by atoms with Crippen molar-refractivity contribution in [1.29, 1.82) is 0 Å². The quantitative estimate of drug-likeness (QED) is 0.613. The SMILES string of the molecule is CC(C)/C(=N\NC(=O)CCC(=O)N1CCCc2ccccc21)c1ccccc1. The zero-order valence-corrected chi connectivity index (χ0v) is 16.5. The molecular weight excluding hydrogens is 350 g/mol. The van der Waals surface area contributed by atoms with Crippen molar-refractivity contribution < 1.29 is 9.59 Å². The van der Waals surface area contributed by atoms with Crippen molar-refractivity contribution in [2.45, 2.75) is 39.5 Å². The van der Waals surface area contributed by atoms with Crippen LogP contribution in [0.2, 0.25) is 0 Å². The third-order valence-electron chi connectivity index (χ3n) is 4.89. The molecular formula is C23H27N3O2. The first-order valence-corrected chi connectivity index (χ1v) is 9.86. The van der Waals surface area contributed by atoms with E-state index in [1.807, 2.05) is 62.4 Å². The van der Waals surface area contributed by atoms with Gasteiger partial charge < -0.3 is 4.90 Å². The second-order valence-corrected chi connectivity index (χ2v) is 7.33. The van der Waals surface area contributed by atoms with Crippen LogP contribution in [-0.2, 0) is 16.0 Å². The molecule has 1 N–H and O–H groups in total. The number of hydrogen-bond donors (Lipinski definition) is 1. The van der Waals surface area contributed by atoms with E-state index in [0.717, 1.165) is 29.8 Å². The van der Waals surface area contributed by atoms with Gasteiger partial charge in [-0.25, -0.2) is 5.43 Å². The molecule has 0 aromatic heterocycles. The summed E-state index contributed by atoms with van der Waals surface area (Å²) in [6.07, 6.45) is 2.25. The number of carbonyl (C=O) groups excluding carboxylic acids is 2. The summed E-state index contributed by atoms with van der Waals surface area (Å²) in [7, 11) is 0. The van der Waals surface area contributed by atoms with E-state index in [-0.39, 0.29) is 30.6 Å². The van der Waals surface area contributed by atoms with Gasteiger partial charge in [-0.15, -0.1) is 0 Å². The fourth-order valence-electron chi connectivity index (χ4n) is 3.46. The van der Waals surface area contributed by atoms with Crippen molar-refractivity contribution in [3.05, 3.63) is 65.7 Å². The van der Waals surface area contributed by atoms with E-state index in [0.29, 0.717) is 6.54 Å². The minimum absolute atomic E-state index is 0.0153. The first kappa shape index (κ1) is 19.8. The lowest BCUT2D eigenvalue weighted by Gasteiger charge is -2.29. The van der Waals surface area contributed by atoms with Crippen LogP contribution in [0.15, 0.2) is 59.7 Å². The number of para-hydroxylation sites is 1. The van der Waals surface area contributed by atoms with Crippen LogP contribution in [0.4, 0.5) is 5.69 Å². The van der Waals surface area contributed by atoms with Gasteiger partial charge in [0.2, 0.25) is 11.8 Å². The molecule has 0 fully saturated rings. The van der Waals surface area contributed by atoms with Gasteiger partial charge in [0.15, 0.2) is 0 Å². The van der Waals surface area contributed by atoms with Gasteiger partial charge in [0.05, 0.1) is 5.71 Å². The molecule has 5 nitrogen and oxygen atoms in total. The first-order valence-electron chi connectivity index (χ1n) is 9.86. The number of hydrogen-bond acceptors (Lipinski definition) is 3. The highest BCUT2D eigenvalue weighted by Gasteiger charge is 2.22. The second kappa shape index (κ2) is 9.31. The number of fused-ring (bicyclic) bond motifs is 1. The zero-order chi connectivity index (χ0) is 19.9. The maximum Gasteiger partial charge on any atom is 0.240 e. The number of anilines is 1. The summed E-state index contributed by atoms with van der Waals surface area (Å²) in [5.41, 5.74) is 6.60. The maximum atomic E-state index is 12.6. The lowest BCUT2D eigenvalue weighted by Crippen LogP contribution is -2.36. The van der Waals surface area contributed by atoms with Gasteiger partial charge in [0.25, 0.3) is 0 Å². The van der Waals surface area contributed by atoms with E-state index in [4.69, 9.17) is 0 Å². The van der Waals surface area contributed by atoms with Crippen LogP contribution < -0.4 is 10.3 Å². The van der Waals surface area contributed by atoms with E-state index in [2.05, 4.69) is 16.6 Å². The molecule has 1 aliphatic rings. The summed E-state index contributed by atoms with van der Waals surface area (Å²) in [4.78, 5) is 26.7. The minimum Gasteiger partial charge on any atom is -0.312 e. The van der Waals surface area contributed by atoms with Gasteiger partial charge in [-0.2, -0.15) is 5.10 Å². The fourth-order valence-corrected chi connectivity index (χ4v) is 3.46. The van der Waals surface area contributed by atoms with Crippen molar-refractivity contribution in [2.24, 2.45) is 11.0 Å². The molecule has 2 amide bonds. The third-order valence-corrected chi connectivity index (χ3v) is 4.89. The first-order chi connectivity index (χ1) is 13.6. The predicted molar refractivity (Wildman–Crippen MR) is 112 cm³/mol. The largest absolute Gasteiger partial charge is 0.312 e. The van der Waals surface area contributed by atoms with Crippen molar-refractivity contribution in [3.63, 3.8) is 0 Å². The summed E-state index contributed by atoms with van der Waals surface area (Å²) < 4.78 is 0. The van der Waals surface area contributed by atoms with Crippen LogP contribution in [0.1, 0.15) is 44.2 Å². The van der Waals surface area contributed by atoms with Crippen LogP contribution in [-0.4, -0.2) is 24.1 Å². The average Bonchev–Trinajstić information content (AvgIpc) is 2.72. The van der Waals surface area contributed by atoms with Gasteiger partial charge >= 0.3 is 0 Å². The molecule has 28 heavy (non-hydrogen) atoms. The van der Waals surface area contributed by atoms with E-state index in [1.165, 1.54) is 5.56 Å². The Morgan fingerprint density at radius 3 is 2.50 bits per heavy atom. The van der Waals surface area contributed by atoms with Crippen molar-refractivity contribution in [2.75, 3.05) is 11.4 Å². The molecule has 2 aromatic carbocycles. The highest BCUT2D eigenvalue weighted by atomic mass is 16.2. The topological polar surface area (TPSA) is 61.8 Å². The molecule has 2 aromatic rings. The molecule has 0 aliphatic carbocycles. The van der Waals surface area contributed by atoms with Crippen LogP contribution in [0.5, 0.6) is 0 Å². The Bertz CT molecular complexity index is 859. The highest BCUT2D eigenvalue weighted by Crippen LogP contribution is 2.27. The Morgan fingerprint density at radius 2 is 1.75 bits per heavy atom. The molecule has 146 valence electrons. The van der Waals surface area contributed by atoms with Crippen molar-refractivity contribution in [3.8, 4) is 0 Å². The Hall–Kier alpha value is -2.95. The number of amides is 2. The Labute approximate surface area is 166 Å². The number of nitrogens with one attached hydrogen (secondary N) is 1. The molecule has 0 unspecified atom stereocenters. The Kier molecular flexibility index (Phi) is 6.58. The number of benzene rings is 2. The number of rotatable bonds is 6. The molecule has 0 radical (unpaired) electrons. The van der Waals surface area contributed by atoms with Crippen LogP contribution >= 0.6 is 0 Å². The summed E-state index contributed by atoms with van der Waals surface area (Å²) in [5.74, 6) is -0.0830.